The fraction of sp³-hybridized carbons (Fsp3) is 0.736. The van der Waals surface area contributed by atoms with Crippen molar-refractivity contribution in [3.63, 3.8) is 0 Å². The summed E-state index contributed by atoms with van der Waals surface area (Å²) >= 11 is 0. The molecule has 0 aliphatic rings. The van der Waals surface area contributed by atoms with Crippen molar-refractivity contribution in [3.8, 4) is 0 Å². The number of rotatable bonds is 60. The van der Waals surface area contributed by atoms with Gasteiger partial charge in [-0.3, -0.25) is 14.4 Å². The largest absolute Gasteiger partial charge is 0.462 e. The van der Waals surface area contributed by atoms with Crippen molar-refractivity contribution >= 4 is 17.9 Å². The summed E-state index contributed by atoms with van der Waals surface area (Å²) in [5, 5.41) is 0. The number of hydrogen-bond donors (Lipinski definition) is 0. The highest BCUT2D eigenvalue weighted by molar-refractivity contribution is 5.71. The highest BCUT2D eigenvalue weighted by Crippen LogP contribution is 2.16. The van der Waals surface area contributed by atoms with Crippen molar-refractivity contribution in [3.05, 3.63) is 97.2 Å². The van der Waals surface area contributed by atoms with Gasteiger partial charge in [0.2, 0.25) is 0 Å². The Bertz CT molecular complexity index is 1530. The van der Waals surface area contributed by atoms with E-state index in [-0.39, 0.29) is 31.1 Å². The SMILES string of the molecule is CC/C=C\C/C=C\C/C=C\CCCCCC(=O)OCC(COC(=O)CCCCCCCCCCCCCCCC/C=C\C/C=C\C/C=C\CCCCCCC)OC(=O)CCCCCCCCC/C=C\C/C=C\CCCCCC. The smallest absolute Gasteiger partial charge is 0.306 e. The van der Waals surface area contributed by atoms with Crippen molar-refractivity contribution < 1.29 is 28.6 Å². The average Bonchev–Trinajstić information content (AvgIpc) is 3.44. The zero-order valence-corrected chi connectivity index (χ0v) is 51.4. The number of ether oxygens (including phenoxy) is 3. The predicted octanol–water partition coefficient (Wildman–Crippen LogP) is 22.8. The van der Waals surface area contributed by atoms with Crippen LogP contribution in [0.3, 0.4) is 0 Å². The molecule has 6 heteroatoms. The maximum Gasteiger partial charge on any atom is 0.306 e. The highest BCUT2D eigenvalue weighted by Gasteiger charge is 2.19. The minimum atomic E-state index is -0.796. The molecular weight excluding hydrogens is 961 g/mol. The van der Waals surface area contributed by atoms with Crippen LogP contribution in [-0.2, 0) is 28.6 Å². The second-order valence-corrected chi connectivity index (χ2v) is 22.0. The van der Waals surface area contributed by atoms with E-state index in [1.807, 2.05) is 0 Å². The molecule has 0 aromatic rings. The molecule has 0 spiro atoms. The second kappa shape index (κ2) is 65.8. The summed E-state index contributed by atoms with van der Waals surface area (Å²) in [7, 11) is 0. The van der Waals surface area contributed by atoms with Crippen molar-refractivity contribution in [2.45, 2.75) is 329 Å². The lowest BCUT2D eigenvalue weighted by atomic mass is 10.0. The number of unbranched alkanes of at least 4 members (excludes halogenated alkanes) is 33. The lowest BCUT2D eigenvalue weighted by Gasteiger charge is -2.18. The first-order valence-corrected chi connectivity index (χ1v) is 33.2. The van der Waals surface area contributed by atoms with Crippen LogP contribution in [0.2, 0.25) is 0 Å². The summed E-state index contributed by atoms with van der Waals surface area (Å²) in [5.74, 6) is -0.919. The fourth-order valence-corrected chi connectivity index (χ4v) is 9.32. The van der Waals surface area contributed by atoms with Crippen LogP contribution in [0.1, 0.15) is 323 Å². The van der Waals surface area contributed by atoms with E-state index in [1.165, 1.54) is 173 Å². The van der Waals surface area contributed by atoms with Gasteiger partial charge in [-0.05, 0) is 122 Å². The standard InChI is InChI=1S/C72H124O6/c1-4-7-10-13-16-19-22-25-27-29-31-32-33-34-35-36-37-38-39-40-41-43-44-47-50-53-56-59-62-65-71(74)77-68-69(67-76-70(73)64-61-58-55-52-49-46-24-21-18-15-12-9-6-3)78-72(75)66-63-60-57-54-51-48-45-42-30-28-26-23-20-17-14-11-8-5-2/h9,12,18,20-23,25,28-31,33-34,46,49,69H,4-8,10-11,13-17,19,24,26-27,32,35-45,47-48,50-68H2,1-3H3/b12-9-,21-18-,23-20-,25-22-,30-28-,31-29-,34-33-,49-46-. The Labute approximate surface area is 483 Å². The topological polar surface area (TPSA) is 78.9 Å². The molecule has 0 saturated carbocycles. The van der Waals surface area contributed by atoms with Crippen LogP contribution in [0.4, 0.5) is 0 Å². The molecule has 0 heterocycles. The Morgan fingerprint density at radius 1 is 0.269 bits per heavy atom. The van der Waals surface area contributed by atoms with Gasteiger partial charge >= 0.3 is 17.9 Å². The zero-order valence-electron chi connectivity index (χ0n) is 51.4. The van der Waals surface area contributed by atoms with Crippen molar-refractivity contribution in [2.75, 3.05) is 13.2 Å². The first-order chi connectivity index (χ1) is 38.5. The number of carbonyl (C=O) groups excluding carboxylic acids is 3. The van der Waals surface area contributed by atoms with Crippen LogP contribution in [0, 0.1) is 0 Å². The van der Waals surface area contributed by atoms with Crippen LogP contribution in [0.5, 0.6) is 0 Å². The van der Waals surface area contributed by atoms with Gasteiger partial charge in [0, 0.05) is 19.3 Å². The summed E-state index contributed by atoms with van der Waals surface area (Å²) in [5.41, 5.74) is 0. The molecule has 0 aliphatic heterocycles. The van der Waals surface area contributed by atoms with Gasteiger partial charge in [-0.25, -0.2) is 0 Å². The summed E-state index contributed by atoms with van der Waals surface area (Å²) in [4.78, 5) is 38.3. The first kappa shape index (κ1) is 74.3. The minimum absolute atomic E-state index is 0.0896. The summed E-state index contributed by atoms with van der Waals surface area (Å²) in [6, 6.07) is 0. The van der Waals surface area contributed by atoms with E-state index >= 15 is 0 Å². The Kier molecular flexibility index (Phi) is 62.7. The van der Waals surface area contributed by atoms with Gasteiger partial charge in [0.1, 0.15) is 13.2 Å². The van der Waals surface area contributed by atoms with Crippen LogP contribution < -0.4 is 0 Å². The van der Waals surface area contributed by atoms with E-state index in [4.69, 9.17) is 14.2 Å². The summed E-state index contributed by atoms with van der Waals surface area (Å²) in [6.45, 7) is 6.49. The molecule has 0 rings (SSSR count). The predicted molar refractivity (Wildman–Crippen MR) is 339 cm³/mol. The lowest BCUT2D eigenvalue weighted by molar-refractivity contribution is -0.167. The van der Waals surface area contributed by atoms with Gasteiger partial charge in [0.05, 0.1) is 0 Å². The molecule has 0 fully saturated rings. The maximum atomic E-state index is 12.9. The van der Waals surface area contributed by atoms with Gasteiger partial charge in [0.25, 0.3) is 0 Å². The second-order valence-electron chi connectivity index (χ2n) is 22.0. The van der Waals surface area contributed by atoms with E-state index in [9.17, 15) is 14.4 Å². The Hall–Kier alpha value is -3.67. The monoisotopic (exact) mass is 1080 g/mol. The summed E-state index contributed by atoms with van der Waals surface area (Å²) in [6.07, 6.45) is 88.6. The molecule has 78 heavy (non-hydrogen) atoms. The molecular formula is C72H124O6. The average molecular weight is 1090 g/mol. The normalized spacial score (nSPS) is 12.7. The molecule has 0 aromatic heterocycles. The van der Waals surface area contributed by atoms with Gasteiger partial charge < -0.3 is 14.2 Å². The molecule has 1 atom stereocenters. The fourth-order valence-electron chi connectivity index (χ4n) is 9.32. The molecule has 0 saturated heterocycles. The van der Waals surface area contributed by atoms with Crippen LogP contribution in [-0.4, -0.2) is 37.2 Å². The maximum absolute atomic E-state index is 12.9. The van der Waals surface area contributed by atoms with Crippen molar-refractivity contribution in [1.29, 1.82) is 0 Å². The Morgan fingerprint density at radius 3 is 0.808 bits per heavy atom. The molecule has 0 bridgehead atoms. The van der Waals surface area contributed by atoms with E-state index in [2.05, 4.69) is 118 Å². The number of hydrogen-bond acceptors (Lipinski definition) is 6. The Balaban J connectivity index is 4.27. The number of allylic oxidation sites excluding steroid dienone is 16. The summed E-state index contributed by atoms with van der Waals surface area (Å²) < 4.78 is 16.9. The van der Waals surface area contributed by atoms with E-state index in [1.54, 1.807) is 0 Å². The Morgan fingerprint density at radius 2 is 0.500 bits per heavy atom. The van der Waals surface area contributed by atoms with E-state index in [0.717, 1.165) is 109 Å². The molecule has 0 aromatic carbocycles. The van der Waals surface area contributed by atoms with Gasteiger partial charge in [0.15, 0.2) is 6.10 Å². The molecule has 0 radical (unpaired) electrons. The molecule has 0 aliphatic carbocycles. The molecule has 0 N–H and O–H groups in total. The molecule has 0 amide bonds. The quantitative estimate of drug-likeness (QED) is 0.0261. The lowest BCUT2D eigenvalue weighted by Crippen LogP contribution is -2.30. The highest BCUT2D eigenvalue weighted by atomic mass is 16.6. The minimum Gasteiger partial charge on any atom is -0.462 e. The molecule has 6 nitrogen and oxygen atoms in total. The van der Waals surface area contributed by atoms with Crippen LogP contribution in [0.25, 0.3) is 0 Å². The zero-order chi connectivity index (χ0) is 56.4. The third-order valence-corrected chi connectivity index (χ3v) is 14.3. The van der Waals surface area contributed by atoms with E-state index < -0.39 is 6.10 Å². The van der Waals surface area contributed by atoms with Crippen molar-refractivity contribution in [2.24, 2.45) is 0 Å². The van der Waals surface area contributed by atoms with Crippen molar-refractivity contribution in [1.82, 2.24) is 0 Å². The van der Waals surface area contributed by atoms with E-state index in [0.29, 0.717) is 19.3 Å². The van der Waals surface area contributed by atoms with Crippen LogP contribution in [0.15, 0.2) is 97.2 Å². The van der Waals surface area contributed by atoms with Crippen LogP contribution >= 0.6 is 0 Å². The van der Waals surface area contributed by atoms with Gasteiger partial charge in [-0.2, -0.15) is 0 Å². The molecule has 1 unspecified atom stereocenters. The number of carbonyl (C=O) groups is 3. The third kappa shape index (κ3) is 63.2. The van der Waals surface area contributed by atoms with Gasteiger partial charge in [-0.1, -0.05) is 279 Å². The number of esters is 3. The van der Waals surface area contributed by atoms with Gasteiger partial charge in [-0.15, -0.1) is 0 Å². The first-order valence-electron chi connectivity index (χ1n) is 33.2. The molecule has 448 valence electrons. The third-order valence-electron chi connectivity index (χ3n) is 14.3.